The highest BCUT2D eigenvalue weighted by molar-refractivity contribution is 5.97. The van der Waals surface area contributed by atoms with E-state index >= 15 is 0 Å². The number of hydrogen-bond acceptors (Lipinski definition) is 6. The lowest BCUT2D eigenvalue weighted by atomic mass is 10.1. The highest BCUT2D eigenvalue weighted by atomic mass is 16.5. The van der Waals surface area contributed by atoms with Gasteiger partial charge in [-0.15, -0.1) is 6.58 Å². The van der Waals surface area contributed by atoms with E-state index in [1.807, 2.05) is 6.92 Å². The third kappa shape index (κ3) is 6.60. The number of nitrogens with zero attached hydrogens (tertiary/aromatic N) is 1. The molecule has 0 spiro atoms. The Bertz CT molecular complexity index is 954. The van der Waals surface area contributed by atoms with Crippen molar-refractivity contribution in [3.8, 4) is 17.2 Å². The molecule has 2 amide bonds. The van der Waals surface area contributed by atoms with E-state index < -0.39 is 11.9 Å². The molecule has 0 aliphatic carbocycles. The molecule has 8 nitrogen and oxygen atoms in total. The van der Waals surface area contributed by atoms with Crippen LogP contribution in [0.4, 0.5) is 0 Å². The zero-order valence-electron chi connectivity index (χ0n) is 17.8. The fourth-order valence-corrected chi connectivity index (χ4v) is 2.70. The molecule has 31 heavy (non-hydrogen) atoms. The Morgan fingerprint density at radius 2 is 1.97 bits per heavy atom. The smallest absolute Gasteiger partial charge is 0.262 e. The summed E-state index contributed by atoms with van der Waals surface area (Å²) < 4.78 is 10.5. The van der Waals surface area contributed by atoms with E-state index in [0.29, 0.717) is 41.2 Å². The lowest BCUT2D eigenvalue weighted by molar-refractivity contribution is -0.122. The van der Waals surface area contributed by atoms with Crippen molar-refractivity contribution in [3.05, 3.63) is 65.7 Å². The minimum atomic E-state index is -0.804. The van der Waals surface area contributed by atoms with Crippen LogP contribution < -0.4 is 20.2 Å². The number of hydrogen-bond donors (Lipinski definition) is 3. The maximum Gasteiger partial charge on any atom is 0.262 e. The van der Waals surface area contributed by atoms with Crippen molar-refractivity contribution >= 4 is 18.0 Å². The number of rotatable bonds is 10. The van der Waals surface area contributed by atoms with E-state index in [1.165, 1.54) is 13.3 Å². The quantitative estimate of drug-likeness (QED) is 0.308. The Morgan fingerprint density at radius 1 is 1.26 bits per heavy atom. The van der Waals surface area contributed by atoms with E-state index in [0.717, 1.165) is 0 Å². The lowest BCUT2D eigenvalue weighted by Crippen LogP contribution is -2.43. The van der Waals surface area contributed by atoms with E-state index in [-0.39, 0.29) is 11.7 Å². The summed E-state index contributed by atoms with van der Waals surface area (Å²) in [7, 11) is 1.54. The lowest BCUT2D eigenvalue weighted by Gasteiger charge is -2.13. The molecule has 0 saturated carbocycles. The molecule has 2 aromatic carbocycles. The summed E-state index contributed by atoms with van der Waals surface area (Å²) in [6, 6.07) is 9.09. The molecule has 8 heteroatoms. The highest BCUT2D eigenvalue weighted by Gasteiger charge is 2.16. The predicted molar refractivity (Wildman–Crippen MR) is 119 cm³/mol. The van der Waals surface area contributed by atoms with Crippen molar-refractivity contribution in [1.82, 2.24) is 10.7 Å². The summed E-state index contributed by atoms with van der Waals surface area (Å²) in [5.74, 6) is 0.152. The first kappa shape index (κ1) is 23.5. The van der Waals surface area contributed by atoms with Crippen molar-refractivity contribution in [2.75, 3.05) is 13.7 Å². The van der Waals surface area contributed by atoms with Crippen molar-refractivity contribution in [1.29, 1.82) is 0 Å². The van der Waals surface area contributed by atoms with Crippen LogP contribution >= 0.6 is 0 Å². The van der Waals surface area contributed by atoms with Crippen LogP contribution in [0.3, 0.4) is 0 Å². The number of ether oxygens (including phenoxy) is 2. The zero-order valence-corrected chi connectivity index (χ0v) is 17.8. The number of carbonyl (C=O) groups excluding carboxylic acids is 2. The van der Waals surface area contributed by atoms with Crippen LogP contribution in [0.2, 0.25) is 0 Å². The molecular weight excluding hydrogens is 398 g/mol. The van der Waals surface area contributed by atoms with Crippen molar-refractivity contribution < 1.29 is 24.2 Å². The number of benzene rings is 2. The van der Waals surface area contributed by atoms with Crippen LogP contribution in [0.5, 0.6) is 17.2 Å². The van der Waals surface area contributed by atoms with E-state index in [2.05, 4.69) is 22.4 Å². The first-order valence-electron chi connectivity index (χ1n) is 9.77. The number of carbonyl (C=O) groups is 2. The Balaban J connectivity index is 2.00. The zero-order chi connectivity index (χ0) is 22.8. The average molecular weight is 425 g/mol. The van der Waals surface area contributed by atoms with Crippen molar-refractivity contribution in [2.45, 2.75) is 26.3 Å². The van der Waals surface area contributed by atoms with Crippen molar-refractivity contribution in [2.24, 2.45) is 5.10 Å². The van der Waals surface area contributed by atoms with Gasteiger partial charge in [0.15, 0.2) is 11.5 Å². The second-order valence-corrected chi connectivity index (χ2v) is 6.61. The fraction of sp³-hybridized carbons (Fsp3) is 0.261. The Hall–Kier alpha value is -3.81. The number of nitrogens with one attached hydrogen (secondary N) is 2. The molecule has 0 fully saturated rings. The molecule has 0 bridgehead atoms. The van der Waals surface area contributed by atoms with Crippen LogP contribution in [0.25, 0.3) is 0 Å². The first-order chi connectivity index (χ1) is 14.9. The van der Waals surface area contributed by atoms with E-state index in [4.69, 9.17) is 9.47 Å². The molecule has 1 atom stereocenters. The van der Waals surface area contributed by atoms with E-state index in [1.54, 1.807) is 49.4 Å². The molecule has 0 radical (unpaired) electrons. The maximum atomic E-state index is 12.3. The van der Waals surface area contributed by atoms with Gasteiger partial charge in [0, 0.05) is 11.1 Å². The summed E-state index contributed by atoms with van der Waals surface area (Å²) in [5, 5.41) is 16.8. The van der Waals surface area contributed by atoms with Crippen LogP contribution in [0.15, 0.2) is 54.2 Å². The number of phenolic OH excluding ortho intramolecular Hbond substituents is 1. The first-order valence-corrected chi connectivity index (χ1v) is 9.77. The Labute approximate surface area is 181 Å². The van der Waals surface area contributed by atoms with E-state index in [9.17, 15) is 14.7 Å². The molecule has 0 aliphatic rings. The molecule has 164 valence electrons. The van der Waals surface area contributed by atoms with Gasteiger partial charge < -0.3 is 19.9 Å². The monoisotopic (exact) mass is 425 g/mol. The largest absolute Gasteiger partial charge is 0.504 e. The van der Waals surface area contributed by atoms with Gasteiger partial charge in [-0.25, -0.2) is 5.43 Å². The standard InChI is InChI=1S/C23H27N3O5/c1-5-7-18-12-16(13-20(21(18)27)31-6-2)14-24-26-22(28)15(3)25-23(29)17-8-10-19(30-4)11-9-17/h5,8-15,27H,1,6-7H2,2-4H3,(H,25,29)(H,26,28)/b24-14+. The van der Waals surface area contributed by atoms with Gasteiger partial charge in [0.2, 0.25) is 0 Å². The van der Waals surface area contributed by atoms with Gasteiger partial charge in [0.05, 0.1) is 19.9 Å². The molecule has 0 aliphatic heterocycles. The summed E-state index contributed by atoms with van der Waals surface area (Å²) >= 11 is 0. The number of methoxy groups -OCH3 is 1. The SMILES string of the molecule is C=CCc1cc(/C=N/NC(=O)C(C)NC(=O)c2ccc(OC)cc2)cc(OCC)c1O. The normalized spacial score (nSPS) is 11.6. The summed E-state index contributed by atoms with van der Waals surface area (Å²) in [5.41, 5.74) is 4.07. The maximum absolute atomic E-state index is 12.3. The van der Waals surface area contributed by atoms with Crippen LogP contribution in [0, 0.1) is 0 Å². The van der Waals surface area contributed by atoms with Gasteiger partial charge in [-0.3, -0.25) is 9.59 Å². The Kier molecular flexibility index (Phi) is 8.63. The fourth-order valence-electron chi connectivity index (χ4n) is 2.70. The van der Waals surface area contributed by atoms with Crippen LogP contribution in [0.1, 0.15) is 35.3 Å². The molecule has 0 heterocycles. The average Bonchev–Trinajstić information content (AvgIpc) is 2.77. The number of aromatic hydroxyl groups is 1. The molecule has 0 saturated heterocycles. The number of amides is 2. The second-order valence-electron chi connectivity index (χ2n) is 6.61. The van der Waals surface area contributed by atoms with Crippen molar-refractivity contribution in [3.63, 3.8) is 0 Å². The predicted octanol–water partition coefficient (Wildman–Crippen LogP) is 2.80. The minimum Gasteiger partial charge on any atom is -0.504 e. The molecular formula is C23H27N3O5. The minimum absolute atomic E-state index is 0.0535. The van der Waals surface area contributed by atoms with Gasteiger partial charge in [0.25, 0.3) is 11.8 Å². The Morgan fingerprint density at radius 3 is 2.58 bits per heavy atom. The molecule has 0 aromatic heterocycles. The summed E-state index contributed by atoms with van der Waals surface area (Å²) in [4.78, 5) is 24.5. The highest BCUT2D eigenvalue weighted by Crippen LogP contribution is 2.31. The van der Waals surface area contributed by atoms with Gasteiger partial charge in [-0.05, 0) is 62.2 Å². The van der Waals surface area contributed by atoms with Crippen LogP contribution in [-0.2, 0) is 11.2 Å². The summed E-state index contributed by atoms with van der Waals surface area (Å²) in [6.45, 7) is 7.44. The molecule has 2 rings (SSSR count). The van der Waals surface area contributed by atoms with Gasteiger partial charge >= 0.3 is 0 Å². The molecule has 2 aromatic rings. The van der Waals surface area contributed by atoms with Gasteiger partial charge in [-0.1, -0.05) is 6.08 Å². The molecule has 3 N–H and O–H groups in total. The summed E-state index contributed by atoms with van der Waals surface area (Å²) in [6.07, 6.45) is 3.56. The topological polar surface area (TPSA) is 109 Å². The second kappa shape index (κ2) is 11.4. The number of hydrazone groups is 1. The van der Waals surface area contributed by atoms with Gasteiger partial charge in [-0.2, -0.15) is 5.10 Å². The third-order valence-electron chi connectivity index (χ3n) is 4.32. The molecule has 1 unspecified atom stereocenters. The van der Waals surface area contributed by atoms with Gasteiger partial charge in [0.1, 0.15) is 11.8 Å². The van der Waals surface area contributed by atoms with Crippen LogP contribution in [-0.4, -0.2) is 42.9 Å². The number of phenols is 1. The third-order valence-corrected chi connectivity index (χ3v) is 4.32. The number of allylic oxidation sites excluding steroid dienone is 1.